The smallest absolute Gasteiger partial charge is 0.126 e. The molecule has 0 aromatic heterocycles. The van der Waals surface area contributed by atoms with Gasteiger partial charge in [-0.3, -0.25) is 0 Å². The van der Waals surface area contributed by atoms with E-state index in [-0.39, 0.29) is 0 Å². The Morgan fingerprint density at radius 1 is 1.16 bits per heavy atom. The predicted molar refractivity (Wildman–Crippen MR) is 82.3 cm³/mol. The van der Waals surface area contributed by atoms with Crippen LogP contribution in [0.1, 0.15) is 0 Å². The highest BCUT2D eigenvalue weighted by Crippen LogP contribution is 2.19. The topological polar surface area (TPSA) is 30.3 Å². The van der Waals surface area contributed by atoms with Gasteiger partial charge < -0.3 is 15.0 Å². The number of quaternary nitrogens is 2. The maximum absolute atomic E-state index is 5.84. The molecule has 0 unspecified atom stereocenters. The van der Waals surface area contributed by atoms with Gasteiger partial charge in [0, 0.05) is 15.7 Å². The molecule has 0 atom stereocenters. The fourth-order valence-electron chi connectivity index (χ4n) is 1.55. The van der Waals surface area contributed by atoms with E-state index in [1.807, 2.05) is 24.3 Å². The molecule has 0 aliphatic carbocycles. The number of rotatable bonds is 10. The monoisotopic (exact) mass is 304 g/mol. The summed E-state index contributed by atoms with van der Waals surface area (Å²) in [6.45, 7) is 5.07. The third-order valence-corrected chi connectivity index (χ3v) is 3.85. The fraction of sp³-hybridized carbons (Fsp3) is 0.571. The van der Waals surface area contributed by atoms with Crippen molar-refractivity contribution in [3.63, 3.8) is 0 Å². The summed E-state index contributed by atoms with van der Waals surface area (Å²) < 4.78 is 5.60. The van der Waals surface area contributed by atoms with Crippen molar-refractivity contribution in [2.45, 2.75) is 4.90 Å². The van der Waals surface area contributed by atoms with Crippen molar-refractivity contribution in [2.24, 2.45) is 0 Å². The molecule has 3 nitrogen and oxygen atoms in total. The molecular weight excluding hydrogens is 280 g/mol. The van der Waals surface area contributed by atoms with Gasteiger partial charge in [0.05, 0.1) is 33.9 Å². The molecule has 0 aliphatic rings. The molecular formula is C14H25ClN2OS+2. The number of nitrogens with two attached hydrogens (primary N) is 1. The van der Waals surface area contributed by atoms with Crippen LogP contribution in [0.4, 0.5) is 0 Å². The zero-order chi connectivity index (χ0) is 13.9. The summed E-state index contributed by atoms with van der Waals surface area (Å²) in [7, 11) is 4.36. The van der Waals surface area contributed by atoms with Crippen LogP contribution in [0.25, 0.3) is 0 Å². The predicted octanol–water partition coefficient (Wildman–Crippen LogP) is 0.157. The van der Waals surface area contributed by atoms with Crippen molar-refractivity contribution in [3.05, 3.63) is 29.3 Å². The lowest BCUT2D eigenvalue weighted by molar-refractivity contribution is -0.874. The highest BCUT2D eigenvalue weighted by atomic mass is 35.5. The van der Waals surface area contributed by atoms with Crippen LogP contribution in [0.2, 0.25) is 5.02 Å². The first-order valence-corrected chi connectivity index (χ1v) is 8.11. The number of nitrogens with one attached hydrogen (secondary N) is 1. The number of hydrogen-bond acceptors (Lipinski definition) is 2. The Morgan fingerprint density at radius 2 is 1.89 bits per heavy atom. The Kier molecular flexibility index (Phi) is 9.30. The first-order valence-electron chi connectivity index (χ1n) is 6.75. The van der Waals surface area contributed by atoms with E-state index >= 15 is 0 Å². The van der Waals surface area contributed by atoms with Gasteiger partial charge in [-0.25, -0.2) is 0 Å². The van der Waals surface area contributed by atoms with E-state index in [4.69, 9.17) is 16.3 Å². The molecule has 1 aromatic carbocycles. The van der Waals surface area contributed by atoms with E-state index in [0.29, 0.717) is 0 Å². The second-order valence-electron chi connectivity index (χ2n) is 4.74. The molecule has 0 fully saturated rings. The molecule has 3 N–H and O–H groups in total. The summed E-state index contributed by atoms with van der Waals surface area (Å²) in [5.74, 6) is 0.990. The van der Waals surface area contributed by atoms with Crippen molar-refractivity contribution in [1.29, 1.82) is 0 Å². The normalized spacial score (nSPS) is 11.2. The van der Waals surface area contributed by atoms with E-state index in [1.165, 1.54) is 22.9 Å². The summed E-state index contributed by atoms with van der Waals surface area (Å²) in [5, 5.41) is 3.11. The molecule has 0 heterocycles. The summed E-state index contributed by atoms with van der Waals surface area (Å²) in [6.07, 6.45) is 0. The third-order valence-electron chi connectivity index (χ3n) is 2.62. The molecule has 108 valence electrons. The first kappa shape index (κ1) is 16.8. The third kappa shape index (κ3) is 9.30. The maximum atomic E-state index is 5.84. The Morgan fingerprint density at radius 3 is 2.58 bits per heavy atom. The maximum Gasteiger partial charge on any atom is 0.126 e. The summed E-state index contributed by atoms with van der Waals surface area (Å²) in [4.78, 5) is 2.74. The largest absolute Gasteiger partial charge is 0.375 e. The van der Waals surface area contributed by atoms with Crippen LogP contribution in [0.5, 0.6) is 0 Å². The van der Waals surface area contributed by atoms with Crippen molar-refractivity contribution in [3.8, 4) is 0 Å². The van der Waals surface area contributed by atoms with Gasteiger partial charge in [0.2, 0.25) is 0 Å². The SMILES string of the molecule is C[NH+](C)CC[NH2+]CCOCCSc1ccc(Cl)cc1. The molecule has 0 bridgehead atoms. The number of likely N-dealkylation sites (N-methyl/N-ethyl adjacent to an activating group) is 1. The van der Waals surface area contributed by atoms with Crippen LogP contribution in [-0.4, -0.2) is 52.7 Å². The first-order chi connectivity index (χ1) is 9.18. The van der Waals surface area contributed by atoms with Crippen molar-refractivity contribution >= 4 is 23.4 Å². The van der Waals surface area contributed by atoms with Crippen LogP contribution in [0, 0.1) is 0 Å². The molecule has 1 aromatic rings. The standard InChI is InChI=1S/C14H23ClN2OS/c1-17(2)9-7-16-8-10-18-11-12-19-14-5-3-13(15)4-6-14/h3-6,16H,7-12H2,1-2H3/p+2. The lowest BCUT2D eigenvalue weighted by atomic mass is 10.4. The number of ether oxygens (including phenoxy) is 1. The molecule has 0 saturated carbocycles. The van der Waals surface area contributed by atoms with E-state index in [0.717, 1.165) is 30.5 Å². The van der Waals surface area contributed by atoms with Gasteiger partial charge in [-0.1, -0.05) is 11.6 Å². The molecule has 0 saturated heterocycles. The van der Waals surface area contributed by atoms with Crippen LogP contribution < -0.4 is 10.2 Å². The van der Waals surface area contributed by atoms with Gasteiger partial charge in [-0.15, -0.1) is 11.8 Å². The van der Waals surface area contributed by atoms with E-state index in [1.54, 1.807) is 11.8 Å². The number of thioether (sulfide) groups is 1. The molecule has 0 amide bonds. The van der Waals surface area contributed by atoms with Gasteiger partial charge in [0.25, 0.3) is 0 Å². The van der Waals surface area contributed by atoms with Crippen LogP contribution in [0.15, 0.2) is 29.2 Å². The highest BCUT2D eigenvalue weighted by Gasteiger charge is 1.97. The van der Waals surface area contributed by atoms with Gasteiger partial charge in [-0.2, -0.15) is 0 Å². The van der Waals surface area contributed by atoms with E-state index in [9.17, 15) is 0 Å². The van der Waals surface area contributed by atoms with Gasteiger partial charge >= 0.3 is 0 Å². The fourth-order valence-corrected chi connectivity index (χ4v) is 2.44. The summed E-state index contributed by atoms with van der Waals surface area (Å²) in [6, 6.07) is 7.94. The second kappa shape index (κ2) is 10.5. The minimum absolute atomic E-state index is 0.788. The average molecular weight is 305 g/mol. The quantitative estimate of drug-likeness (QED) is 0.476. The molecule has 0 spiro atoms. The second-order valence-corrected chi connectivity index (χ2v) is 6.34. The number of halogens is 1. The Labute approximate surface area is 125 Å². The molecule has 0 aliphatic heterocycles. The van der Waals surface area contributed by atoms with Crippen LogP contribution in [0.3, 0.4) is 0 Å². The Balaban J connectivity index is 1.90. The lowest BCUT2D eigenvalue weighted by Crippen LogP contribution is -3.09. The van der Waals surface area contributed by atoms with Crippen molar-refractivity contribution in [1.82, 2.24) is 0 Å². The van der Waals surface area contributed by atoms with E-state index in [2.05, 4.69) is 19.4 Å². The van der Waals surface area contributed by atoms with Crippen LogP contribution >= 0.6 is 23.4 Å². The van der Waals surface area contributed by atoms with E-state index < -0.39 is 0 Å². The minimum atomic E-state index is 0.788. The summed E-state index contributed by atoms with van der Waals surface area (Å²) in [5.41, 5.74) is 0. The van der Waals surface area contributed by atoms with Crippen LogP contribution in [-0.2, 0) is 4.74 Å². The number of benzene rings is 1. The average Bonchev–Trinajstić information content (AvgIpc) is 2.38. The minimum Gasteiger partial charge on any atom is -0.375 e. The lowest BCUT2D eigenvalue weighted by Gasteiger charge is -2.06. The zero-order valence-corrected chi connectivity index (χ0v) is 13.4. The molecule has 1 rings (SSSR count). The van der Waals surface area contributed by atoms with Crippen molar-refractivity contribution < 1.29 is 15.0 Å². The zero-order valence-electron chi connectivity index (χ0n) is 11.8. The molecule has 5 heteroatoms. The number of hydrogen-bond donors (Lipinski definition) is 2. The Hall–Kier alpha value is -0.260. The van der Waals surface area contributed by atoms with Gasteiger partial charge in [0.1, 0.15) is 13.1 Å². The van der Waals surface area contributed by atoms with Gasteiger partial charge in [-0.05, 0) is 24.3 Å². The van der Waals surface area contributed by atoms with Crippen molar-refractivity contribution in [2.75, 3.05) is 52.7 Å². The highest BCUT2D eigenvalue weighted by molar-refractivity contribution is 7.99. The molecule has 19 heavy (non-hydrogen) atoms. The summed E-state index contributed by atoms with van der Waals surface area (Å²) >= 11 is 7.64. The van der Waals surface area contributed by atoms with Gasteiger partial charge in [0.15, 0.2) is 0 Å². The Bertz CT molecular complexity index is 333. The molecule has 0 radical (unpaired) electrons.